The van der Waals surface area contributed by atoms with Gasteiger partial charge >= 0.3 is 0 Å². The Morgan fingerprint density at radius 2 is 2.32 bits per heavy atom. The van der Waals surface area contributed by atoms with E-state index in [0.717, 1.165) is 19.5 Å². The summed E-state index contributed by atoms with van der Waals surface area (Å²) in [6.45, 7) is 2.40. The van der Waals surface area contributed by atoms with Gasteiger partial charge in [0.1, 0.15) is 6.61 Å². The molecule has 1 amide bonds. The van der Waals surface area contributed by atoms with Crippen LogP contribution in [0, 0.1) is 11.7 Å². The highest BCUT2D eigenvalue weighted by atomic mass is 19.1. The van der Waals surface area contributed by atoms with Gasteiger partial charge in [-0.05, 0) is 25.1 Å². The molecule has 2 rings (SSSR count). The molecule has 0 spiro atoms. The van der Waals surface area contributed by atoms with Crippen LogP contribution in [-0.2, 0) is 4.79 Å². The lowest BCUT2D eigenvalue weighted by Crippen LogP contribution is -2.36. The number of hydrogen-bond donors (Lipinski definition) is 1. The molecule has 1 aromatic carbocycles. The van der Waals surface area contributed by atoms with Gasteiger partial charge in [-0.3, -0.25) is 4.79 Å². The third kappa shape index (κ3) is 3.67. The fraction of sp³-hybridized carbons (Fsp3) is 0.500. The SMILES string of the molecule is CN(CCOc1ccccc1F)C(=O)[C@@H]1CCNC1. The summed E-state index contributed by atoms with van der Waals surface area (Å²) in [5, 5.41) is 3.17. The maximum atomic E-state index is 13.3. The Hall–Kier alpha value is -1.62. The van der Waals surface area contributed by atoms with Crippen LogP contribution in [0.3, 0.4) is 0 Å². The monoisotopic (exact) mass is 266 g/mol. The number of amides is 1. The van der Waals surface area contributed by atoms with Crippen LogP contribution in [0.5, 0.6) is 5.75 Å². The van der Waals surface area contributed by atoms with Crippen LogP contribution in [0.1, 0.15) is 6.42 Å². The molecule has 0 saturated carbocycles. The Bertz CT molecular complexity index is 433. The topological polar surface area (TPSA) is 41.6 Å². The molecule has 4 nitrogen and oxygen atoms in total. The van der Waals surface area contributed by atoms with E-state index in [-0.39, 0.29) is 23.4 Å². The van der Waals surface area contributed by atoms with E-state index >= 15 is 0 Å². The van der Waals surface area contributed by atoms with E-state index in [2.05, 4.69) is 5.32 Å². The third-order valence-corrected chi connectivity index (χ3v) is 3.31. The fourth-order valence-corrected chi connectivity index (χ4v) is 2.14. The number of carbonyl (C=O) groups excluding carboxylic acids is 1. The van der Waals surface area contributed by atoms with Gasteiger partial charge in [0, 0.05) is 13.6 Å². The highest BCUT2D eigenvalue weighted by Gasteiger charge is 2.24. The summed E-state index contributed by atoms with van der Waals surface area (Å²) in [6.07, 6.45) is 0.886. The molecule has 1 aromatic rings. The van der Waals surface area contributed by atoms with E-state index in [9.17, 15) is 9.18 Å². The molecule has 1 saturated heterocycles. The zero-order valence-electron chi connectivity index (χ0n) is 11.1. The molecular weight excluding hydrogens is 247 g/mol. The Labute approximate surface area is 112 Å². The molecule has 0 bridgehead atoms. The highest BCUT2D eigenvalue weighted by Crippen LogP contribution is 2.15. The Morgan fingerprint density at radius 1 is 1.53 bits per heavy atom. The van der Waals surface area contributed by atoms with Gasteiger partial charge in [0.2, 0.25) is 5.91 Å². The molecule has 0 radical (unpaired) electrons. The number of likely N-dealkylation sites (N-methyl/N-ethyl adjacent to an activating group) is 1. The number of ether oxygens (including phenoxy) is 1. The maximum Gasteiger partial charge on any atom is 0.226 e. The minimum absolute atomic E-state index is 0.0680. The highest BCUT2D eigenvalue weighted by molar-refractivity contribution is 5.79. The van der Waals surface area contributed by atoms with Crippen molar-refractivity contribution in [1.29, 1.82) is 0 Å². The largest absolute Gasteiger partial charge is 0.489 e. The smallest absolute Gasteiger partial charge is 0.226 e. The van der Waals surface area contributed by atoms with E-state index in [4.69, 9.17) is 4.74 Å². The zero-order chi connectivity index (χ0) is 13.7. The quantitative estimate of drug-likeness (QED) is 0.872. The maximum absolute atomic E-state index is 13.3. The van der Waals surface area contributed by atoms with E-state index in [1.165, 1.54) is 6.07 Å². The number of nitrogens with zero attached hydrogens (tertiary/aromatic N) is 1. The molecule has 5 heteroatoms. The van der Waals surface area contributed by atoms with Gasteiger partial charge in [0.25, 0.3) is 0 Å². The standard InChI is InChI=1S/C14H19FN2O2/c1-17(14(18)11-6-7-16-10-11)8-9-19-13-5-3-2-4-12(13)15/h2-5,11,16H,6-10H2,1H3/t11-/m1/s1. The molecule has 0 aliphatic carbocycles. The van der Waals surface area contributed by atoms with Crippen LogP contribution in [-0.4, -0.2) is 44.1 Å². The minimum atomic E-state index is -0.378. The summed E-state index contributed by atoms with van der Waals surface area (Å²) in [5.41, 5.74) is 0. The molecule has 1 aliphatic rings. The average molecular weight is 266 g/mol. The first-order valence-electron chi connectivity index (χ1n) is 6.51. The molecule has 19 heavy (non-hydrogen) atoms. The van der Waals surface area contributed by atoms with Gasteiger partial charge in [0.05, 0.1) is 12.5 Å². The molecule has 1 heterocycles. The summed E-state index contributed by atoms with van der Waals surface area (Å²) in [6, 6.07) is 6.27. The number of para-hydroxylation sites is 1. The van der Waals surface area contributed by atoms with Gasteiger partial charge < -0.3 is 15.0 Å². The summed E-state index contributed by atoms with van der Waals surface area (Å²) < 4.78 is 18.6. The molecule has 1 N–H and O–H groups in total. The van der Waals surface area contributed by atoms with Crippen LogP contribution >= 0.6 is 0 Å². The van der Waals surface area contributed by atoms with Crippen molar-refractivity contribution in [3.63, 3.8) is 0 Å². The first kappa shape index (κ1) is 13.8. The fourth-order valence-electron chi connectivity index (χ4n) is 2.14. The van der Waals surface area contributed by atoms with Crippen LogP contribution in [0.25, 0.3) is 0 Å². The van der Waals surface area contributed by atoms with Crippen molar-refractivity contribution in [2.24, 2.45) is 5.92 Å². The predicted molar refractivity (Wildman–Crippen MR) is 70.5 cm³/mol. The normalized spacial score (nSPS) is 18.3. The molecule has 104 valence electrons. The number of rotatable bonds is 5. The number of hydrogen-bond acceptors (Lipinski definition) is 3. The number of nitrogens with one attached hydrogen (secondary N) is 1. The number of carbonyl (C=O) groups is 1. The van der Waals surface area contributed by atoms with Gasteiger partial charge in [-0.25, -0.2) is 4.39 Å². The van der Waals surface area contributed by atoms with Crippen molar-refractivity contribution >= 4 is 5.91 Å². The van der Waals surface area contributed by atoms with Crippen molar-refractivity contribution in [1.82, 2.24) is 10.2 Å². The van der Waals surface area contributed by atoms with Gasteiger partial charge in [-0.1, -0.05) is 12.1 Å². The summed E-state index contributed by atoms with van der Waals surface area (Å²) in [5.74, 6) is 0.0444. The lowest BCUT2D eigenvalue weighted by Gasteiger charge is -2.20. The van der Waals surface area contributed by atoms with Crippen molar-refractivity contribution in [2.75, 3.05) is 33.3 Å². The summed E-state index contributed by atoms with van der Waals surface area (Å²) in [4.78, 5) is 13.7. The van der Waals surface area contributed by atoms with E-state index in [1.54, 1.807) is 30.1 Å². The Balaban J connectivity index is 1.76. The second-order valence-corrected chi connectivity index (χ2v) is 4.73. The second-order valence-electron chi connectivity index (χ2n) is 4.73. The third-order valence-electron chi connectivity index (χ3n) is 3.31. The van der Waals surface area contributed by atoms with E-state index in [0.29, 0.717) is 13.2 Å². The zero-order valence-corrected chi connectivity index (χ0v) is 11.1. The van der Waals surface area contributed by atoms with E-state index in [1.807, 2.05) is 0 Å². The van der Waals surface area contributed by atoms with Crippen LogP contribution in [0.4, 0.5) is 4.39 Å². The van der Waals surface area contributed by atoms with Gasteiger partial charge in [-0.2, -0.15) is 0 Å². The van der Waals surface area contributed by atoms with Crippen molar-refractivity contribution in [2.45, 2.75) is 6.42 Å². The van der Waals surface area contributed by atoms with E-state index < -0.39 is 0 Å². The van der Waals surface area contributed by atoms with Crippen molar-refractivity contribution in [3.05, 3.63) is 30.1 Å². The molecular formula is C14H19FN2O2. The lowest BCUT2D eigenvalue weighted by atomic mass is 10.1. The van der Waals surface area contributed by atoms with Crippen LogP contribution in [0.15, 0.2) is 24.3 Å². The van der Waals surface area contributed by atoms with Crippen LogP contribution in [0.2, 0.25) is 0 Å². The number of halogens is 1. The van der Waals surface area contributed by atoms with Crippen molar-refractivity contribution < 1.29 is 13.9 Å². The molecule has 1 atom stereocenters. The Morgan fingerprint density at radius 3 is 3.00 bits per heavy atom. The van der Waals surface area contributed by atoms with Gasteiger partial charge in [0.15, 0.2) is 11.6 Å². The number of benzene rings is 1. The first-order valence-corrected chi connectivity index (χ1v) is 6.51. The van der Waals surface area contributed by atoms with Crippen LogP contribution < -0.4 is 10.1 Å². The summed E-state index contributed by atoms with van der Waals surface area (Å²) in [7, 11) is 1.76. The van der Waals surface area contributed by atoms with Gasteiger partial charge in [-0.15, -0.1) is 0 Å². The molecule has 1 aliphatic heterocycles. The molecule has 0 aromatic heterocycles. The average Bonchev–Trinajstić information content (AvgIpc) is 2.94. The second kappa shape index (κ2) is 6.52. The predicted octanol–water partition coefficient (Wildman–Crippen LogP) is 1.27. The Kier molecular flexibility index (Phi) is 4.74. The minimum Gasteiger partial charge on any atom is -0.489 e. The molecule has 0 unspecified atom stereocenters. The summed E-state index contributed by atoms with van der Waals surface area (Å²) >= 11 is 0. The van der Waals surface area contributed by atoms with Crippen molar-refractivity contribution in [3.8, 4) is 5.75 Å². The molecule has 1 fully saturated rings. The lowest BCUT2D eigenvalue weighted by molar-refractivity contribution is -0.133. The first-order chi connectivity index (χ1) is 9.18.